The number of amides is 1. The SMILES string of the molecule is C#Cc1ccc(NC(=O)c2cc(C)cc(C)c2)cc1. The highest BCUT2D eigenvalue weighted by Crippen LogP contribution is 2.13. The third kappa shape index (κ3) is 3.23. The third-order valence-corrected chi connectivity index (χ3v) is 2.79. The number of terminal acetylenes is 1. The molecule has 0 aliphatic rings. The van der Waals surface area contributed by atoms with E-state index in [1.54, 1.807) is 24.3 Å². The quantitative estimate of drug-likeness (QED) is 0.810. The Labute approximate surface area is 113 Å². The lowest BCUT2D eigenvalue weighted by atomic mass is 10.1. The number of benzene rings is 2. The minimum atomic E-state index is -0.111. The van der Waals surface area contributed by atoms with Crippen molar-refractivity contribution in [1.82, 2.24) is 0 Å². The third-order valence-electron chi connectivity index (χ3n) is 2.79. The number of carbonyl (C=O) groups is 1. The van der Waals surface area contributed by atoms with Crippen LogP contribution in [-0.4, -0.2) is 5.91 Å². The van der Waals surface area contributed by atoms with Crippen molar-refractivity contribution in [2.24, 2.45) is 0 Å². The second-order valence-corrected chi connectivity index (χ2v) is 4.55. The summed E-state index contributed by atoms with van der Waals surface area (Å²) in [5.74, 6) is 2.43. The lowest BCUT2D eigenvalue weighted by Crippen LogP contribution is -2.12. The average Bonchev–Trinajstić information content (AvgIpc) is 2.38. The highest BCUT2D eigenvalue weighted by atomic mass is 16.1. The molecule has 0 saturated carbocycles. The van der Waals surface area contributed by atoms with Gasteiger partial charge < -0.3 is 5.32 Å². The van der Waals surface area contributed by atoms with Crippen LogP contribution in [0.2, 0.25) is 0 Å². The average molecular weight is 249 g/mol. The lowest BCUT2D eigenvalue weighted by molar-refractivity contribution is 0.102. The van der Waals surface area contributed by atoms with Gasteiger partial charge in [0.05, 0.1) is 0 Å². The Kier molecular flexibility index (Phi) is 3.68. The van der Waals surface area contributed by atoms with E-state index < -0.39 is 0 Å². The molecule has 2 rings (SSSR count). The summed E-state index contributed by atoms with van der Waals surface area (Å²) in [6.07, 6.45) is 5.29. The number of carbonyl (C=O) groups excluding carboxylic acids is 1. The van der Waals surface area contributed by atoms with Crippen molar-refractivity contribution in [3.05, 3.63) is 64.7 Å². The first-order valence-electron chi connectivity index (χ1n) is 6.05. The number of anilines is 1. The van der Waals surface area contributed by atoms with Crippen LogP contribution in [0.25, 0.3) is 0 Å². The first kappa shape index (κ1) is 12.9. The summed E-state index contributed by atoms with van der Waals surface area (Å²) >= 11 is 0. The first-order valence-corrected chi connectivity index (χ1v) is 6.05. The molecule has 0 fully saturated rings. The van der Waals surface area contributed by atoms with Crippen LogP contribution in [0.4, 0.5) is 5.69 Å². The van der Waals surface area contributed by atoms with Crippen LogP contribution in [-0.2, 0) is 0 Å². The highest BCUT2D eigenvalue weighted by Gasteiger charge is 2.07. The molecule has 0 atom stereocenters. The Balaban J connectivity index is 2.18. The second-order valence-electron chi connectivity index (χ2n) is 4.55. The van der Waals surface area contributed by atoms with E-state index in [1.165, 1.54) is 0 Å². The first-order chi connectivity index (χ1) is 9.08. The molecule has 1 N–H and O–H groups in total. The summed E-state index contributed by atoms with van der Waals surface area (Å²) in [5.41, 5.74) is 4.35. The Bertz CT molecular complexity index is 628. The van der Waals surface area contributed by atoms with Crippen molar-refractivity contribution in [2.75, 3.05) is 5.32 Å². The van der Waals surface area contributed by atoms with Crippen LogP contribution in [0.5, 0.6) is 0 Å². The monoisotopic (exact) mass is 249 g/mol. The zero-order valence-electron chi connectivity index (χ0n) is 11.0. The zero-order chi connectivity index (χ0) is 13.8. The van der Waals surface area contributed by atoms with E-state index in [2.05, 4.69) is 11.2 Å². The van der Waals surface area contributed by atoms with Gasteiger partial charge in [0.25, 0.3) is 5.91 Å². The van der Waals surface area contributed by atoms with Crippen molar-refractivity contribution in [3.8, 4) is 12.3 Å². The smallest absolute Gasteiger partial charge is 0.255 e. The molecule has 0 aromatic heterocycles. The lowest BCUT2D eigenvalue weighted by Gasteiger charge is -2.07. The number of hydrogen-bond donors (Lipinski definition) is 1. The Hall–Kier alpha value is -2.53. The fourth-order valence-corrected chi connectivity index (χ4v) is 1.96. The minimum absolute atomic E-state index is 0.111. The Morgan fingerprint density at radius 3 is 2.16 bits per heavy atom. The van der Waals surface area contributed by atoms with E-state index in [9.17, 15) is 4.79 Å². The molecule has 0 unspecified atom stereocenters. The van der Waals surface area contributed by atoms with Crippen molar-refractivity contribution in [1.29, 1.82) is 0 Å². The van der Waals surface area contributed by atoms with Gasteiger partial charge in [0, 0.05) is 16.8 Å². The maximum absolute atomic E-state index is 12.1. The van der Waals surface area contributed by atoms with Crippen LogP contribution in [0, 0.1) is 26.2 Å². The molecule has 2 aromatic carbocycles. The van der Waals surface area contributed by atoms with E-state index in [0.29, 0.717) is 5.56 Å². The van der Waals surface area contributed by atoms with E-state index in [1.807, 2.05) is 32.0 Å². The maximum atomic E-state index is 12.1. The summed E-state index contributed by atoms with van der Waals surface area (Å²) in [6, 6.07) is 13.0. The van der Waals surface area contributed by atoms with Gasteiger partial charge in [-0.25, -0.2) is 0 Å². The molecule has 2 heteroatoms. The number of aryl methyl sites for hydroxylation is 2. The topological polar surface area (TPSA) is 29.1 Å². The molecular formula is C17H15NO. The standard InChI is InChI=1S/C17H15NO/c1-4-14-5-7-16(8-6-14)18-17(19)15-10-12(2)9-13(3)11-15/h1,5-11H,2-3H3,(H,18,19). The molecule has 0 bridgehead atoms. The van der Waals surface area contributed by atoms with Gasteiger partial charge in [-0.3, -0.25) is 4.79 Å². The molecule has 0 aliphatic heterocycles. The molecule has 0 aliphatic carbocycles. The molecule has 0 heterocycles. The van der Waals surface area contributed by atoms with Gasteiger partial charge >= 0.3 is 0 Å². The summed E-state index contributed by atoms with van der Waals surface area (Å²) in [5, 5.41) is 2.86. The van der Waals surface area contributed by atoms with Crippen LogP contribution in [0.3, 0.4) is 0 Å². The van der Waals surface area contributed by atoms with Crippen LogP contribution in [0.15, 0.2) is 42.5 Å². The molecule has 2 nitrogen and oxygen atoms in total. The molecule has 0 spiro atoms. The number of nitrogens with one attached hydrogen (secondary N) is 1. The number of hydrogen-bond acceptors (Lipinski definition) is 1. The van der Waals surface area contributed by atoms with Gasteiger partial charge in [0.1, 0.15) is 0 Å². The van der Waals surface area contributed by atoms with Crippen molar-refractivity contribution >= 4 is 11.6 Å². The van der Waals surface area contributed by atoms with Crippen LogP contribution in [0.1, 0.15) is 27.0 Å². The summed E-state index contributed by atoms with van der Waals surface area (Å²) < 4.78 is 0. The second kappa shape index (κ2) is 5.41. The van der Waals surface area contributed by atoms with E-state index in [0.717, 1.165) is 22.4 Å². The van der Waals surface area contributed by atoms with E-state index >= 15 is 0 Å². The fourth-order valence-electron chi connectivity index (χ4n) is 1.96. The van der Waals surface area contributed by atoms with Gasteiger partial charge in [0.15, 0.2) is 0 Å². The Morgan fingerprint density at radius 2 is 1.63 bits per heavy atom. The zero-order valence-corrected chi connectivity index (χ0v) is 11.0. The fraction of sp³-hybridized carbons (Fsp3) is 0.118. The maximum Gasteiger partial charge on any atom is 0.255 e. The Morgan fingerprint density at radius 1 is 1.05 bits per heavy atom. The van der Waals surface area contributed by atoms with Gasteiger partial charge in [0.2, 0.25) is 0 Å². The summed E-state index contributed by atoms with van der Waals surface area (Å²) in [7, 11) is 0. The number of rotatable bonds is 2. The molecule has 19 heavy (non-hydrogen) atoms. The van der Waals surface area contributed by atoms with Crippen molar-refractivity contribution < 1.29 is 4.79 Å². The van der Waals surface area contributed by atoms with E-state index in [4.69, 9.17) is 6.42 Å². The predicted molar refractivity (Wildman–Crippen MR) is 78.2 cm³/mol. The van der Waals surface area contributed by atoms with Crippen LogP contribution < -0.4 is 5.32 Å². The largest absolute Gasteiger partial charge is 0.322 e. The van der Waals surface area contributed by atoms with Gasteiger partial charge in [-0.05, 0) is 50.2 Å². The molecule has 1 amide bonds. The molecular weight excluding hydrogens is 234 g/mol. The van der Waals surface area contributed by atoms with Crippen molar-refractivity contribution in [2.45, 2.75) is 13.8 Å². The summed E-state index contributed by atoms with van der Waals surface area (Å²) in [4.78, 5) is 12.1. The van der Waals surface area contributed by atoms with Crippen LogP contribution >= 0.6 is 0 Å². The highest BCUT2D eigenvalue weighted by molar-refractivity contribution is 6.04. The predicted octanol–water partition coefficient (Wildman–Crippen LogP) is 3.54. The normalized spacial score (nSPS) is 9.74. The molecule has 0 saturated heterocycles. The van der Waals surface area contributed by atoms with Gasteiger partial charge in [-0.1, -0.05) is 23.1 Å². The molecule has 2 aromatic rings. The molecule has 0 radical (unpaired) electrons. The van der Waals surface area contributed by atoms with Crippen molar-refractivity contribution in [3.63, 3.8) is 0 Å². The van der Waals surface area contributed by atoms with Gasteiger partial charge in [-0.15, -0.1) is 6.42 Å². The summed E-state index contributed by atoms with van der Waals surface area (Å²) in [6.45, 7) is 3.96. The van der Waals surface area contributed by atoms with Gasteiger partial charge in [-0.2, -0.15) is 0 Å². The minimum Gasteiger partial charge on any atom is -0.322 e. The molecule has 94 valence electrons. The van der Waals surface area contributed by atoms with E-state index in [-0.39, 0.29) is 5.91 Å².